The normalized spacial score (nSPS) is 12.4. The number of halogens is 2. The fourth-order valence-corrected chi connectivity index (χ4v) is 2.79. The Bertz CT molecular complexity index is 843. The molecule has 1 heterocycles. The average molecular weight is 384 g/mol. The first kappa shape index (κ1) is 18.9. The lowest BCUT2D eigenvalue weighted by Crippen LogP contribution is -2.28. The van der Waals surface area contributed by atoms with Crippen LogP contribution in [0, 0.1) is 24.0 Å². The Hall–Kier alpha value is -2.45. The molecule has 0 radical (unpaired) electrons. The Morgan fingerprint density at radius 3 is 2.52 bits per heavy atom. The zero-order chi connectivity index (χ0) is 18.7. The van der Waals surface area contributed by atoms with Crippen molar-refractivity contribution in [2.75, 3.05) is 0 Å². The summed E-state index contributed by atoms with van der Waals surface area (Å²) >= 11 is 12.0. The summed E-state index contributed by atoms with van der Waals surface area (Å²) in [6.07, 6.45) is 1.33. The van der Waals surface area contributed by atoms with Crippen LogP contribution in [0.3, 0.4) is 0 Å². The molecule has 25 heavy (non-hydrogen) atoms. The van der Waals surface area contributed by atoms with Crippen LogP contribution in [0.1, 0.15) is 29.9 Å². The van der Waals surface area contributed by atoms with Crippen molar-refractivity contribution in [1.82, 2.24) is 15.2 Å². The summed E-state index contributed by atoms with van der Waals surface area (Å²) in [5.74, 6) is -0.486. The minimum absolute atomic E-state index is 0.106. The lowest BCUT2D eigenvalue weighted by atomic mass is 10.2. The van der Waals surface area contributed by atoms with Crippen molar-refractivity contribution in [2.24, 2.45) is 5.10 Å². The van der Waals surface area contributed by atoms with Gasteiger partial charge in [-0.15, -0.1) is 0 Å². The van der Waals surface area contributed by atoms with E-state index in [-0.39, 0.29) is 11.4 Å². The number of hydrazone groups is 1. The third kappa shape index (κ3) is 3.97. The first-order valence-electron chi connectivity index (χ1n) is 7.21. The zero-order valence-corrected chi connectivity index (χ0v) is 15.2. The van der Waals surface area contributed by atoms with Crippen molar-refractivity contribution in [2.45, 2.75) is 26.8 Å². The monoisotopic (exact) mass is 383 g/mol. The maximum absolute atomic E-state index is 12.2. The van der Waals surface area contributed by atoms with E-state index in [1.807, 2.05) is 0 Å². The van der Waals surface area contributed by atoms with Gasteiger partial charge in [0, 0.05) is 5.56 Å². The molecule has 2 aromatic rings. The smallest absolute Gasteiger partial charge is 0.271 e. The largest absolute Gasteiger partial charge is 0.312 e. The minimum Gasteiger partial charge on any atom is -0.271 e. The Morgan fingerprint density at radius 2 is 2.00 bits per heavy atom. The van der Waals surface area contributed by atoms with Crippen LogP contribution in [0.15, 0.2) is 23.3 Å². The molecule has 132 valence electrons. The van der Waals surface area contributed by atoms with E-state index in [1.165, 1.54) is 24.7 Å². The highest BCUT2D eigenvalue weighted by atomic mass is 35.5. The number of carbonyl (C=O) groups is 1. The highest BCUT2D eigenvalue weighted by molar-refractivity contribution is 6.38. The van der Waals surface area contributed by atoms with Gasteiger partial charge in [-0.3, -0.25) is 19.6 Å². The van der Waals surface area contributed by atoms with Gasteiger partial charge in [-0.05, 0) is 32.9 Å². The molecule has 10 heteroatoms. The van der Waals surface area contributed by atoms with Crippen molar-refractivity contribution in [1.29, 1.82) is 0 Å². The van der Waals surface area contributed by atoms with Gasteiger partial charge in [0.2, 0.25) is 0 Å². The molecular formula is C15H15Cl2N5O3. The number of aromatic nitrogens is 2. The van der Waals surface area contributed by atoms with Crippen LogP contribution in [0.25, 0.3) is 0 Å². The van der Waals surface area contributed by atoms with E-state index in [9.17, 15) is 14.9 Å². The van der Waals surface area contributed by atoms with E-state index < -0.39 is 16.9 Å². The molecular weight excluding hydrogens is 369 g/mol. The van der Waals surface area contributed by atoms with Crippen molar-refractivity contribution < 1.29 is 9.72 Å². The average Bonchev–Trinajstić information content (AvgIpc) is 2.84. The lowest BCUT2D eigenvalue weighted by Gasteiger charge is -2.11. The lowest BCUT2D eigenvalue weighted by molar-refractivity contribution is -0.386. The molecule has 0 aliphatic heterocycles. The van der Waals surface area contributed by atoms with Gasteiger partial charge in [0.05, 0.1) is 21.2 Å². The molecule has 0 fully saturated rings. The Balaban J connectivity index is 2.15. The van der Waals surface area contributed by atoms with Crippen molar-refractivity contribution in [3.63, 3.8) is 0 Å². The summed E-state index contributed by atoms with van der Waals surface area (Å²) in [6.45, 7) is 4.62. The van der Waals surface area contributed by atoms with Gasteiger partial charge >= 0.3 is 5.69 Å². The van der Waals surface area contributed by atoms with E-state index in [4.69, 9.17) is 23.2 Å². The van der Waals surface area contributed by atoms with Crippen LogP contribution in [-0.4, -0.2) is 26.8 Å². The molecule has 8 nitrogen and oxygen atoms in total. The first-order chi connectivity index (χ1) is 11.7. The predicted octanol–water partition coefficient (Wildman–Crippen LogP) is 3.43. The fourth-order valence-electron chi connectivity index (χ4n) is 2.29. The molecule has 1 N–H and O–H groups in total. The first-order valence-corrected chi connectivity index (χ1v) is 7.96. The Kier molecular flexibility index (Phi) is 5.76. The number of nitrogens with one attached hydrogen (secondary N) is 1. The van der Waals surface area contributed by atoms with Gasteiger partial charge < -0.3 is 0 Å². The van der Waals surface area contributed by atoms with Crippen LogP contribution in [0.2, 0.25) is 10.0 Å². The van der Waals surface area contributed by atoms with Crippen LogP contribution in [-0.2, 0) is 4.79 Å². The number of rotatable bonds is 5. The number of hydrogen-bond donors (Lipinski definition) is 1. The fraction of sp³-hybridized carbons (Fsp3) is 0.267. The predicted molar refractivity (Wildman–Crippen MR) is 95.3 cm³/mol. The number of carbonyl (C=O) groups excluding carboxylic acids is 1. The molecule has 1 amide bonds. The van der Waals surface area contributed by atoms with Gasteiger partial charge in [-0.1, -0.05) is 29.3 Å². The third-order valence-electron chi connectivity index (χ3n) is 3.58. The molecule has 1 aromatic carbocycles. The van der Waals surface area contributed by atoms with E-state index in [1.54, 1.807) is 25.1 Å². The quantitative estimate of drug-likeness (QED) is 0.485. The molecule has 0 saturated heterocycles. The second-order valence-electron chi connectivity index (χ2n) is 5.27. The number of amides is 1. The van der Waals surface area contributed by atoms with Crippen LogP contribution in [0.5, 0.6) is 0 Å². The molecule has 1 atom stereocenters. The van der Waals surface area contributed by atoms with Gasteiger partial charge in [-0.25, -0.2) is 5.43 Å². The molecule has 1 aromatic heterocycles. The minimum atomic E-state index is -0.786. The van der Waals surface area contributed by atoms with E-state index >= 15 is 0 Å². The number of benzene rings is 1. The standard InChI is InChI=1S/C15H15Cl2N5O3/c1-8-14(22(24)25)9(2)21(20-8)10(3)15(23)19-18-7-11-12(16)5-4-6-13(11)17/h4-7,10H,1-3H3,(H,19,23). The van der Waals surface area contributed by atoms with E-state index in [0.29, 0.717) is 21.3 Å². The summed E-state index contributed by atoms with van der Waals surface area (Å²) in [5, 5.41) is 19.7. The SMILES string of the molecule is Cc1nn(C(C)C(=O)NN=Cc2c(Cl)cccc2Cl)c(C)c1[N+](=O)[O-]. The van der Waals surface area contributed by atoms with Gasteiger partial charge in [-0.2, -0.15) is 10.2 Å². The summed E-state index contributed by atoms with van der Waals surface area (Å²) in [7, 11) is 0. The number of aryl methyl sites for hydroxylation is 1. The number of nitrogens with zero attached hydrogens (tertiary/aromatic N) is 4. The highest BCUT2D eigenvalue weighted by Crippen LogP contribution is 2.25. The second kappa shape index (κ2) is 7.62. The zero-order valence-electron chi connectivity index (χ0n) is 13.7. The highest BCUT2D eigenvalue weighted by Gasteiger charge is 2.26. The van der Waals surface area contributed by atoms with Crippen molar-refractivity contribution in [3.8, 4) is 0 Å². The maximum Gasteiger partial charge on any atom is 0.312 e. The summed E-state index contributed by atoms with van der Waals surface area (Å²) < 4.78 is 1.29. The van der Waals surface area contributed by atoms with E-state index in [2.05, 4.69) is 15.6 Å². The maximum atomic E-state index is 12.2. The van der Waals surface area contributed by atoms with Crippen molar-refractivity contribution >= 4 is 41.0 Å². The molecule has 0 spiro atoms. The topological polar surface area (TPSA) is 102 Å². The molecule has 0 aliphatic carbocycles. The summed E-state index contributed by atoms with van der Waals surface area (Å²) in [5.41, 5.74) is 3.26. The van der Waals surface area contributed by atoms with Crippen molar-refractivity contribution in [3.05, 3.63) is 55.3 Å². The molecule has 1 unspecified atom stereocenters. The van der Waals surface area contributed by atoms with Gasteiger partial charge in [0.1, 0.15) is 17.4 Å². The Morgan fingerprint density at radius 1 is 1.40 bits per heavy atom. The van der Waals surface area contributed by atoms with E-state index in [0.717, 1.165) is 0 Å². The van der Waals surface area contributed by atoms with Crippen LogP contribution < -0.4 is 5.43 Å². The summed E-state index contributed by atoms with van der Waals surface area (Å²) in [6, 6.07) is 4.20. The molecule has 0 aliphatic rings. The third-order valence-corrected chi connectivity index (χ3v) is 4.24. The molecule has 0 bridgehead atoms. The van der Waals surface area contributed by atoms with Crippen LogP contribution in [0.4, 0.5) is 5.69 Å². The molecule has 2 rings (SSSR count). The Labute approximate surface area is 153 Å². The van der Waals surface area contributed by atoms with Gasteiger partial charge in [0.25, 0.3) is 5.91 Å². The second-order valence-corrected chi connectivity index (χ2v) is 6.08. The van der Waals surface area contributed by atoms with Gasteiger partial charge in [0.15, 0.2) is 0 Å². The number of nitro groups is 1. The van der Waals surface area contributed by atoms with Crippen LogP contribution >= 0.6 is 23.2 Å². The summed E-state index contributed by atoms with van der Waals surface area (Å²) in [4.78, 5) is 22.8. The number of hydrogen-bond acceptors (Lipinski definition) is 5. The molecule has 0 saturated carbocycles.